The Balaban J connectivity index is 4.22. The van der Waals surface area contributed by atoms with E-state index in [2.05, 4.69) is 5.32 Å². The van der Waals surface area contributed by atoms with Gasteiger partial charge in [-0.3, -0.25) is 10.2 Å². The summed E-state index contributed by atoms with van der Waals surface area (Å²) < 4.78 is 0. The number of carbonyl (C=O) groups excluding carboxylic acids is 2. The van der Waals surface area contributed by atoms with Crippen molar-refractivity contribution in [1.29, 1.82) is 5.41 Å². The van der Waals surface area contributed by atoms with Crippen molar-refractivity contribution in [3.8, 4) is 0 Å². The monoisotopic (exact) mass is 212 g/mol. The highest BCUT2D eigenvalue weighted by molar-refractivity contribution is 6.37. The number of aldehydes is 1. The average molecular weight is 212 g/mol. The molecule has 2 N–H and O–H groups in total. The molecule has 0 aromatic heterocycles. The van der Waals surface area contributed by atoms with E-state index in [0.29, 0.717) is 12.7 Å². The van der Waals surface area contributed by atoms with Gasteiger partial charge in [0.25, 0.3) is 5.91 Å². The number of hydrogen-bond acceptors (Lipinski definition) is 3. The second kappa shape index (κ2) is 6.32. The standard InChI is InChI=1S/C11H20N2O2/c1-7(2)5-9(12)11(15)13-10(6-14)8(3)4/h6-8,10,12H,5H2,1-4H3,(H,13,15)/t10-/m1/s1. The van der Waals surface area contributed by atoms with Crippen molar-refractivity contribution in [2.45, 2.75) is 40.2 Å². The first-order valence-corrected chi connectivity index (χ1v) is 5.22. The van der Waals surface area contributed by atoms with Crippen LogP contribution in [0.25, 0.3) is 0 Å². The van der Waals surface area contributed by atoms with Crippen molar-refractivity contribution in [2.75, 3.05) is 0 Å². The predicted octanol–water partition coefficient (Wildman–Crippen LogP) is 1.39. The molecule has 0 aliphatic heterocycles. The zero-order chi connectivity index (χ0) is 12.0. The summed E-state index contributed by atoms with van der Waals surface area (Å²) in [5.74, 6) is -0.107. The highest BCUT2D eigenvalue weighted by Gasteiger charge is 2.18. The average Bonchev–Trinajstić information content (AvgIpc) is 2.11. The van der Waals surface area contributed by atoms with Crippen molar-refractivity contribution in [2.24, 2.45) is 11.8 Å². The van der Waals surface area contributed by atoms with Crippen LogP contribution in [0, 0.1) is 17.2 Å². The van der Waals surface area contributed by atoms with Gasteiger partial charge < -0.3 is 10.1 Å². The Bertz CT molecular complexity index is 247. The lowest BCUT2D eigenvalue weighted by molar-refractivity contribution is -0.119. The van der Waals surface area contributed by atoms with Crippen LogP contribution in [-0.2, 0) is 9.59 Å². The third kappa shape index (κ3) is 5.30. The molecular weight excluding hydrogens is 192 g/mol. The van der Waals surface area contributed by atoms with Gasteiger partial charge in [-0.25, -0.2) is 0 Å². The molecule has 0 saturated heterocycles. The van der Waals surface area contributed by atoms with E-state index in [4.69, 9.17) is 5.41 Å². The van der Waals surface area contributed by atoms with Crippen molar-refractivity contribution in [1.82, 2.24) is 5.32 Å². The maximum absolute atomic E-state index is 11.5. The van der Waals surface area contributed by atoms with Crippen LogP contribution in [0.1, 0.15) is 34.1 Å². The predicted molar refractivity (Wildman–Crippen MR) is 60.0 cm³/mol. The lowest BCUT2D eigenvalue weighted by Crippen LogP contribution is -2.43. The van der Waals surface area contributed by atoms with Gasteiger partial charge in [0.1, 0.15) is 6.29 Å². The highest BCUT2D eigenvalue weighted by atomic mass is 16.2. The molecule has 0 aromatic rings. The Labute approximate surface area is 90.9 Å². The first-order valence-electron chi connectivity index (χ1n) is 5.22. The summed E-state index contributed by atoms with van der Waals surface area (Å²) in [6.45, 7) is 7.60. The minimum absolute atomic E-state index is 0.0394. The van der Waals surface area contributed by atoms with E-state index < -0.39 is 11.9 Å². The van der Waals surface area contributed by atoms with Crippen LogP contribution in [0.3, 0.4) is 0 Å². The van der Waals surface area contributed by atoms with Gasteiger partial charge in [0.2, 0.25) is 0 Å². The summed E-state index contributed by atoms with van der Waals surface area (Å²) in [4.78, 5) is 22.1. The molecule has 0 saturated carbocycles. The van der Waals surface area contributed by atoms with Gasteiger partial charge >= 0.3 is 0 Å². The molecule has 4 nitrogen and oxygen atoms in total. The van der Waals surface area contributed by atoms with Gasteiger partial charge in [-0.1, -0.05) is 27.7 Å². The minimum atomic E-state index is -0.495. The van der Waals surface area contributed by atoms with Crippen LogP contribution in [0.2, 0.25) is 0 Å². The molecule has 1 atom stereocenters. The normalized spacial score (nSPS) is 12.7. The number of rotatable bonds is 6. The molecule has 86 valence electrons. The molecule has 0 heterocycles. The number of amides is 1. The molecule has 1 amide bonds. The number of hydrogen-bond donors (Lipinski definition) is 2. The van der Waals surface area contributed by atoms with Crippen molar-refractivity contribution in [3.63, 3.8) is 0 Å². The van der Waals surface area contributed by atoms with Gasteiger partial charge in [0, 0.05) is 0 Å². The van der Waals surface area contributed by atoms with Crippen LogP contribution < -0.4 is 5.32 Å². The Morgan fingerprint density at radius 2 is 1.87 bits per heavy atom. The van der Waals surface area contributed by atoms with Crippen LogP contribution in [0.4, 0.5) is 0 Å². The smallest absolute Gasteiger partial charge is 0.265 e. The summed E-state index contributed by atoms with van der Waals surface area (Å²) in [6.07, 6.45) is 1.15. The summed E-state index contributed by atoms with van der Waals surface area (Å²) >= 11 is 0. The maximum Gasteiger partial charge on any atom is 0.265 e. The van der Waals surface area contributed by atoms with Gasteiger partial charge in [0.15, 0.2) is 0 Å². The molecule has 0 fully saturated rings. The van der Waals surface area contributed by atoms with Crippen LogP contribution in [0.15, 0.2) is 0 Å². The molecule has 0 rings (SSSR count). The molecule has 0 unspecified atom stereocenters. The molecule has 0 bridgehead atoms. The molecule has 0 aromatic carbocycles. The topological polar surface area (TPSA) is 70.0 Å². The van der Waals surface area contributed by atoms with Crippen LogP contribution in [-0.4, -0.2) is 23.9 Å². The van der Waals surface area contributed by atoms with E-state index in [-0.39, 0.29) is 17.5 Å². The van der Waals surface area contributed by atoms with E-state index >= 15 is 0 Å². The van der Waals surface area contributed by atoms with E-state index in [1.807, 2.05) is 27.7 Å². The molecule has 0 radical (unpaired) electrons. The molecule has 4 heteroatoms. The zero-order valence-corrected chi connectivity index (χ0v) is 9.83. The second-order valence-electron chi connectivity index (χ2n) is 4.46. The maximum atomic E-state index is 11.5. The van der Waals surface area contributed by atoms with Crippen molar-refractivity contribution < 1.29 is 9.59 Å². The summed E-state index contributed by atoms with van der Waals surface area (Å²) in [5.41, 5.74) is 0.0394. The first-order chi connectivity index (χ1) is 6.88. The van der Waals surface area contributed by atoms with Gasteiger partial charge in [-0.05, 0) is 18.3 Å². The fourth-order valence-corrected chi connectivity index (χ4v) is 1.10. The van der Waals surface area contributed by atoms with E-state index in [0.717, 1.165) is 0 Å². The molecule has 0 spiro atoms. The quantitative estimate of drug-likeness (QED) is 0.516. The number of carbonyl (C=O) groups is 2. The minimum Gasteiger partial charge on any atom is -0.341 e. The third-order valence-electron chi connectivity index (χ3n) is 2.05. The van der Waals surface area contributed by atoms with Gasteiger partial charge in [0.05, 0.1) is 11.8 Å². The molecular formula is C11H20N2O2. The lowest BCUT2D eigenvalue weighted by atomic mass is 10.0. The van der Waals surface area contributed by atoms with E-state index in [9.17, 15) is 9.59 Å². The van der Waals surface area contributed by atoms with E-state index in [1.165, 1.54) is 0 Å². The van der Waals surface area contributed by atoms with Crippen LogP contribution in [0.5, 0.6) is 0 Å². The fourth-order valence-electron chi connectivity index (χ4n) is 1.10. The lowest BCUT2D eigenvalue weighted by Gasteiger charge is -2.16. The van der Waals surface area contributed by atoms with Crippen LogP contribution >= 0.6 is 0 Å². The summed E-state index contributed by atoms with van der Waals surface area (Å²) in [6, 6.07) is -0.495. The van der Waals surface area contributed by atoms with Crippen molar-refractivity contribution in [3.05, 3.63) is 0 Å². The Morgan fingerprint density at radius 3 is 2.20 bits per heavy atom. The Hall–Kier alpha value is -1.19. The molecule has 15 heavy (non-hydrogen) atoms. The third-order valence-corrected chi connectivity index (χ3v) is 2.05. The van der Waals surface area contributed by atoms with E-state index in [1.54, 1.807) is 0 Å². The molecule has 0 aliphatic rings. The fraction of sp³-hybridized carbons (Fsp3) is 0.727. The SMILES string of the molecule is CC(C)CC(=N)C(=O)N[C@H](C=O)C(C)C. The zero-order valence-electron chi connectivity index (χ0n) is 9.83. The Morgan fingerprint density at radius 1 is 1.33 bits per heavy atom. The summed E-state index contributed by atoms with van der Waals surface area (Å²) in [5, 5.41) is 10.0. The number of nitrogens with one attached hydrogen (secondary N) is 2. The van der Waals surface area contributed by atoms with Gasteiger partial charge in [-0.2, -0.15) is 0 Å². The Kier molecular flexibility index (Phi) is 5.82. The largest absolute Gasteiger partial charge is 0.341 e. The summed E-state index contributed by atoms with van der Waals surface area (Å²) in [7, 11) is 0. The molecule has 0 aliphatic carbocycles. The van der Waals surface area contributed by atoms with Gasteiger partial charge in [-0.15, -0.1) is 0 Å². The first kappa shape index (κ1) is 13.8. The second-order valence-corrected chi connectivity index (χ2v) is 4.46. The highest BCUT2D eigenvalue weighted by Crippen LogP contribution is 2.02. The van der Waals surface area contributed by atoms with Crippen molar-refractivity contribution >= 4 is 17.9 Å².